The Kier molecular flexibility index (Phi) is 5.68. The summed E-state index contributed by atoms with van der Waals surface area (Å²) in [6, 6.07) is 10.8. The van der Waals surface area contributed by atoms with Gasteiger partial charge in [0.25, 0.3) is 0 Å². The van der Waals surface area contributed by atoms with Gasteiger partial charge in [-0.3, -0.25) is 0 Å². The van der Waals surface area contributed by atoms with Crippen molar-refractivity contribution in [1.82, 2.24) is 4.72 Å². The SMILES string of the molecule is O=S(=O)(NCC#CCOc1ccc(F)cc1F)c1ccccc1. The number of ether oxygens (including phenoxy) is 1. The van der Waals surface area contributed by atoms with Crippen LogP contribution < -0.4 is 9.46 Å². The van der Waals surface area contributed by atoms with Crippen molar-refractivity contribution in [3.05, 3.63) is 60.2 Å². The van der Waals surface area contributed by atoms with E-state index in [2.05, 4.69) is 16.6 Å². The molecule has 0 amide bonds. The average Bonchev–Trinajstić information content (AvgIpc) is 2.53. The molecule has 0 radical (unpaired) electrons. The fraction of sp³-hybridized carbons (Fsp3) is 0.125. The van der Waals surface area contributed by atoms with Crippen LogP contribution in [0.25, 0.3) is 0 Å². The topological polar surface area (TPSA) is 55.4 Å². The Labute approximate surface area is 133 Å². The number of hydrogen-bond acceptors (Lipinski definition) is 3. The Hall–Kier alpha value is -2.43. The normalized spacial score (nSPS) is 10.7. The van der Waals surface area contributed by atoms with Gasteiger partial charge in [-0.25, -0.2) is 17.2 Å². The number of sulfonamides is 1. The highest BCUT2D eigenvalue weighted by Gasteiger charge is 2.11. The molecule has 0 aromatic heterocycles. The van der Waals surface area contributed by atoms with Crippen LogP contribution in [0.15, 0.2) is 53.4 Å². The maximum atomic E-state index is 13.3. The van der Waals surface area contributed by atoms with Crippen molar-refractivity contribution in [2.45, 2.75) is 4.90 Å². The first-order valence-electron chi connectivity index (χ1n) is 6.57. The predicted octanol–water partition coefficient (Wildman–Crippen LogP) is 2.33. The van der Waals surface area contributed by atoms with Crippen LogP contribution >= 0.6 is 0 Å². The molecule has 2 rings (SSSR count). The highest BCUT2D eigenvalue weighted by Crippen LogP contribution is 2.17. The van der Waals surface area contributed by atoms with Crippen molar-refractivity contribution in [2.24, 2.45) is 0 Å². The Balaban J connectivity index is 1.82. The van der Waals surface area contributed by atoms with Crippen LogP contribution in [0.3, 0.4) is 0 Å². The van der Waals surface area contributed by atoms with Gasteiger partial charge in [0.15, 0.2) is 11.6 Å². The Morgan fingerprint density at radius 2 is 1.78 bits per heavy atom. The number of rotatable bonds is 5. The van der Waals surface area contributed by atoms with Crippen molar-refractivity contribution < 1.29 is 21.9 Å². The molecular formula is C16H13F2NO3S. The van der Waals surface area contributed by atoms with Gasteiger partial charge in [-0.1, -0.05) is 30.0 Å². The molecule has 0 spiro atoms. The van der Waals surface area contributed by atoms with E-state index in [4.69, 9.17) is 4.74 Å². The lowest BCUT2D eigenvalue weighted by Crippen LogP contribution is -2.23. The van der Waals surface area contributed by atoms with E-state index in [1.807, 2.05) is 0 Å². The third-order valence-electron chi connectivity index (χ3n) is 2.72. The summed E-state index contributed by atoms with van der Waals surface area (Å²) >= 11 is 0. The molecule has 0 aliphatic heterocycles. The molecule has 0 bridgehead atoms. The van der Waals surface area contributed by atoms with E-state index in [1.165, 1.54) is 12.1 Å². The highest BCUT2D eigenvalue weighted by atomic mass is 32.2. The first-order chi connectivity index (χ1) is 11.0. The van der Waals surface area contributed by atoms with Crippen molar-refractivity contribution in [3.8, 4) is 17.6 Å². The van der Waals surface area contributed by atoms with Crippen LogP contribution in [0, 0.1) is 23.5 Å². The summed E-state index contributed by atoms with van der Waals surface area (Å²) in [5.41, 5.74) is 0. The molecule has 23 heavy (non-hydrogen) atoms. The van der Waals surface area contributed by atoms with Gasteiger partial charge >= 0.3 is 0 Å². The zero-order valence-corrected chi connectivity index (χ0v) is 12.7. The minimum atomic E-state index is -3.61. The Morgan fingerprint density at radius 1 is 1.04 bits per heavy atom. The molecule has 0 aliphatic carbocycles. The summed E-state index contributed by atoms with van der Waals surface area (Å²) in [6.45, 7) is -0.248. The van der Waals surface area contributed by atoms with Gasteiger partial charge in [0.05, 0.1) is 11.4 Å². The smallest absolute Gasteiger partial charge is 0.241 e. The zero-order chi connectivity index (χ0) is 16.7. The van der Waals surface area contributed by atoms with E-state index in [0.29, 0.717) is 6.07 Å². The molecule has 0 atom stereocenters. The van der Waals surface area contributed by atoms with Gasteiger partial charge in [-0.05, 0) is 24.3 Å². The van der Waals surface area contributed by atoms with Gasteiger partial charge in [0.1, 0.15) is 12.4 Å². The summed E-state index contributed by atoms with van der Waals surface area (Å²) in [4.78, 5) is 0.145. The minimum Gasteiger partial charge on any atom is -0.478 e. The number of hydrogen-bond donors (Lipinski definition) is 1. The monoisotopic (exact) mass is 337 g/mol. The predicted molar refractivity (Wildman–Crippen MR) is 81.3 cm³/mol. The molecule has 0 fully saturated rings. The second-order valence-corrected chi connectivity index (χ2v) is 6.12. The third kappa shape index (κ3) is 5.06. The molecule has 120 valence electrons. The second kappa shape index (κ2) is 7.72. The van der Waals surface area contributed by atoms with E-state index in [0.717, 1.165) is 12.1 Å². The highest BCUT2D eigenvalue weighted by molar-refractivity contribution is 7.89. The maximum Gasteiger partial charge on any atom is 0.241 e. The molecule has 0 saturated carbocycles. The molecule has 0 saturated heterocycles. The Bertz CT molecular complexity index is 827. The Morgan fingerprint density at radius 3 is 2.48 bits per heavy atom. The number of halogens is 2. The van der Waals surface area contributed by atoms with Crippen LogP contribution in [0.4, 0.5) is 8.78 Å². The van der Waals surface area contributed by atoms with Crippen molar-refractivity contribution >= 4 is 10.0 Å². The second-order valence-electron chi connectivity index (χ2n) is 4.35. The third-order valence-corrected chi connectivity index (χ3v) is 4.14. The fourth-order valence-electron chi connectivity index (χ4n) is 1.63. The van der Waals surface area contributed by atoms with Gasteiger partial charge in [-0.2, -0.15) is 4.72 Å². The summed E-state index contributed by atoms with van der Waals surface area (Å²) in [7, 11) is -3.61. The summed E-state index contributed by atoms with van der Waals surface area (Å²) in [5.74, 6) is 3.45. The first-order valence-corrected chi connectivity index (χ1v) is 8.05. The van der Waals surface area contributed by atoms with Crippen LogP contribution in [0.5, 0.6) is 5.75 Å². The van der Waals surface area contributed by atoms with E-state index >= 15 is 0 Å². The molecular weight excluding hydrogens is 324 g/mol. The quantitative estimate of drug-likeness (QED) is 0.852. The molecule has 7 heteroatoms. The lowest BCUT2D eigenvalue weighted by atomic mass is 10.3. The zero-order valence-electron chi connectivity index (χ0n) is 11.9. The van der Waals surface area contributed by atoms with Crippen molar-refractivity contribution in [1.29, 1.82) is 0 Å². The van der Waals surface area contributed by atoms with E-state index in [1.54, 1.807) is 18.2 Å². The van der Waals surface area contributed by atoms with Crippen molar-refractivity contribution in [2.75, 3.05) is 13.2 Å². The molecule has 4 nitrogen and oxygen atoms in total. The molecule has 0 aliphatic rings. The summed E-state index contributed by atoms with van der Waals surface area (Å²) in [6.07, 6.45) is 0. The van der Waals surface area contributed by atoms with Crippen molar-refractivity contribution in [3.63, 3.8) is 0 Å². The molecule has 0 unspecified atom stereocenters. The van der Waals surface area contributed by atoms with E-state index in [9.17, 15) is 17.2 Å². The maximum absolute atomic E-state index is 13.3. The van der Waals surface area contributed by atoms with E-state index in [-0.39, 0.29) is 23.8 Å². The van der Waals surface area contributed by atoms with Gasteiger partial charge in [0.2, 0.25) is 10.0 Å². The number of benzene rings is 2. The first kappa shape index (κ1) is 16.9. The van der Waals surface area contributed by atoms with Gasteiger partial charge in [-0.15, -0.1) is 0 Å². The van der Waals surface area contributed by atoms with Gasteiger partial charge < -0.3 is 4.74 Å². The molecule has 2 aromatic carbocycles. The van der Waals surface area contributed by atoms with Gasteiger partial charge in [0, 0.05) is 6.07 Å². The van der Waals surface area contributed by atoms with Crippen LogP contribution in [-0.2, 0) is 10.0 Å². The number of nitrogens with one attached hydrogen (secondary N) is 1. The van der Waals surface area contributed by atoms with E-state index < -0.39 is 21.7 Å². The molecule has 2 aromatic rings. The molecule has 1 N–H and O–H groups in total. The van der Waals surface area contributed by atoms with Crippen LogP contribution in [0.2, 0.25) is 0 Å². The standard InChI is InChI=1S/C16H13F2NO3S/c17-13-8-9-16(15(18)12-13)22-11-5-4-10-19-23(20,21)14-6-2-1-3-7-14/h1-3,6-9,12,19H,10-11H2. The fourth-order valence-corrected chi connectivity index (χ4v) is 2.58. The van der Waals surface area contributed by atoms with Crippen LogP contribution in [-0.4, -0.2) is 21.6 Å². The summed E-state index contributed by atoms with van der Waals surface area (Å²) in [5, 5.41) is 0. The van der Waals surface area contributed by atoms with Crippen LogP contribution in [0.1, 0.15) is 0 Å². The largest absolute Gasteiger partial charge is 0.478 e. The lowest BCUT2D eigenvalue weighted by molar-refractivity contribution is 0.346. The summed E-state index contributed by atoms with van der Waals surface area (Å²) < 4.78 is 57.0. The average molecular weight is 337 g/mol. The molecule has 0 heterocycles. The minimum absolute atomic E-state index is 0.105. The lowest BCUT2D eigenvalue weighted by Gasteiger charge is -2.03.